The Kier molecular flexibility index (Phi) is 25.5. The molecule has 2 aliphatic heterocycles. The Morgan fingerprint density at radius 2 is 1.29 bits per heavy atom. The molecule has 1 aromatic carbocycles. The smallest absolute Gasteiger partial charge is 0.245 e. The molecule has 2 aliphatic rings. The molecule has 19 heteroatoms. The van der Waals surface area contributed by atoms with Crippen molar-refractivity contribution in [2.75, 3.05) is 162 Å². The van der Waals surface area contributed by atoms with Crippen molar-refractivity contribution in [3.8, 4) is 10.6 Å². The zero-order valence-corrected chi connectivity index (χ0v) is 40.0. The third kappa shape index (κ3) is 19.7. The van der Waals surface area contributed by atoms with Gasteiger partial charge in [-0.2, -0.15) is 0 Å². The fourth-order valence-electron chi connectivity index (χ4n) is 7.42. The average molecular weight is 944 g/mol. The number of hydrogen-bond donors (Lipinski definition) is 2. The van der Waals surface area contributed by atoms with E-state index in [1.807, 2.05) is 18.0 Å². The maximum absolute atomic E-state index is 14.0. The predicted molar refractivity (Wildman–Crippen MR) is 254 cm³/mol. The van der Waals surface area contributed by atoms with Crippen molar-refractivity contribution in [2.45, 2.75) is 57.9 Å². The summed E-state index contributed by atoms with van der Waals surface area (Å²) in [4.78, 5) is 55.7. The van der Waals surface area contributed by atoms with Crippen LogP contribution >= 0.6 is 11.3 Å². The van der Waals surface area contributed by atoms with Crippen LogP contribution in [0.25, 0.3) is 20.8 Å². The lowest BCUT2D eigenvalue weighted by Crippen LogP contribution is -2.55. The Morgan fingerprint density at radius 3 is 1.89 bits per heavy atom. The van der Waals surface area contributed by atoms with E-state index >= 15 is 0 Å². The highest BCUT2D eigenvalue weighted by molar-refractivity contribution is 7.21. The van der Waals surface area contributed by atoms with Crippen molar-refractivity contribution in [2.24, 2.45) is 0 Å². The highest BCUT2D eigenvalue weighted by Gasteiger charge is 2.29. The van der Waals surface area contributed by atoms with E-state index in [4.69, 9.17) is 47.9 Å². The second-order valence-corrected chi connectivity index (χ2v) is 16.9. The van der Waals surface area contributed by atoms with E-state index in [9.17, 15) is 14.4 Å². The molecular weight excluding hydrogens is 871 g/mol. The first-order valence-electron chi connectivity index (χ1n) is 23.7. The van der Waals surface area contributed by atoms with Gasteiger partial charge in [-0.1, -0.05) is 0 Å². The number of benzene rings is 1. The lowest BCUT2D eigenvalue weighted by Gasteiger charge is -2.37. The standard InChI is InChI=1S/C47H73N7O11S/c1-3-59-26-27-63-34-35-65-31-29-61-23-14-45(56)50-41(8-4-5-15-48-44(55)13-22-60-28-30-64-33-32-62-25-24-58-2)47(57)54-20-18-52(19-21-54)39-10-11-40-42(36-39)66-46(51-40)38-9-12-43(49-37-38)53-16-6-7-17-53/h9-12,36-37,41H,3-8,13-35H2,1-2H3,(H,48,55)(H,50,56). The summed E-state index contributed by atoms with van der Waals surface area (Å²) in [7, 11) is 1.63. The van der Waals surface area contributed by atoms with Crippen LogP contribution in [-0.4, -0.2) is 191 Å². The SMILES string of the molecule is CCOCCOCCOCCOCCC(=O)NC(CCCCNC(=O)CCOCCOCCOCCOC)C(=O)N1CCN(c2ccc3nc(-c4ccc(N5CCCC5)nc4)sc3c2)CC1. The minimum atomic E-state index is -0.691. The van der Waals surface area contributed by atoms with Crippen LogP contribution in [0, 0.1) is 0 Å². The molecule has 5 rings (SSSR count). The number of amides is 3. The number of nitrogens with one attached hydrogen (secondary N) is 2. The first kappa shape index (κ1) is 52.9. The normalized spacial score (nSPS) is 14.6. The molecule has 2 fully saturated rings. The maximum Gasteiger partial charge on any atom is 0.245 e. The summed E-state index contributed by atoms with van der Waals surface area (Å²) >= 11 is 1.66. The first-order chi connectivity index (χ1) is 32.4. The molecule has 3 aromatic rings. The minimum Gasteiger partial charge on any atom is -0.382 e. The third-order valence-electron chi connectivity index (χ3n) is 11.1. The summed E-state index contributed by atoms with van der Waals surface area (Å²) in [5, 5.41) is 6.87. The van der Waals surface area contributed by atoms with Gasteiger partial charge in [0.05, 0.1) is 103 Å². The van der Waals surface area contributed by atoms with E-state index in [2.05, 4.69) is 50.8 Å². The summed E-state index contributed by atoms with van der Waals surface area (Å²) in [5.74, 6) is 0.568. The molecule has 3 amide bonds. The average Bonchev–Trinajstić information content (AvgIpc) is 4.04. The van der Waals surface area contributed by atoms with Gasteiger partial charge in [-0.15, -0.1) is 11.3 Å². The Bertz CT molecular complexity index is 1810. The second-order valence-electron chi connectivity index (χ2n) is 15.9. The number of aromatic nitrogens is 2. The van der Waals surface area contributed by atoms with E-state index in [0.717, 1.165) is 45.4 Å². The Labute approximate surface area is 394 Å². The molecule has 368 valence electrons. The number of fused-ring (bicyclic) bond motifs is 1. The molecule has 0 spiro atoms. The summed E-state index contributed by atoms with van der Waals surface area (Å²) in [6.45, 7) is 13.7. The largest absolute Gasteiger partial charge is 0.382 e. The quantitative estimate of drug-likeness (QED) is 0.0808. The number of unbranched alkanes of at least 4 members (excludes halogenated alkanes) is 1. The second kappa shape index (κ2) is 31.8. The van der Waals surface area contributed by atoms with Crippen LogP contribution in [0.5, 0.6) is 0 Å². The van der Waals surface area contributed by atoms with Crippen LogP contribution < -0.4 is 20.4 Å². The van der Waals surface area contributed by atoms with Gasteiger partial charge in [0.25, 0.3) is 0 Å². The minimum absolute atomic E-state index is 0.100. The number of hydrogen-bond acceptors (Lipinski definition) is 16. The number of anilines is 2. The lowest BCUT2D eigenvalue weighted by molar-refractivity contribution is -0.137. The number of methoxy groups -OCH3 is 1. The number of pyridine rings is 1. The van der Waals surface area contributed by atoms with E-state index in [1.165, 1.54) is 12.8 Å². The van der Waals surface area contributed by atoms with Gasteiger partial charge in [-0.05, 0) is 69.4 Å². The van der Waals surface area contributed by atoms with Crippen molar-refractivity contribution < 1.29 is 52.3 Å². The number of rotatable bonds is 35. The fourth-order valence-corrected chi connectivity index (χ4v) is 8.41. The molecule has 2 saturated heterocycles. The Hall–Kier alpha value is -4.05. The van der Waals surface area contributed by atoms with E-state index in [0.29, 0.717) is 144 Å². The summed E-state index contributed by atoms with van der Waals surface area (Å²) in [6, 6.07) is 9.86. The van der Waals surface area contributed by atoms with E-state index in [-0.39, 0.29) is 37.2 Å². The number of piperazine rings is 1. The number of thiazole rings is 1. The molecule has 0 saturated carbocycles. The fraction of sp³-hybridized carbons (Fsp3) is 0.681. The van der Waals surface area contributed by atoms with Crippen molar-refractivity contribution in [1.82, 2.24) is 25.5 Å². The first-order valence-corrected chi connectivity index (χ1v) is 24.5. The van der Waals surface area contributed by atoms with Gasteiger partial charge in [-0.3, -0.25) is 14.4 Å². The molecule has 18 nitrogen and oxygen atoms in total. The molecule has 0 bridgehead atoms. The number of carbonyl (C=O) groups is 3. The molecule has 2 aromatic heterocycles. The van der Waals surface area contributed by atoms with Gasteiger partial charge < -0.3 is 63.2 Å². The van der Waals surface area contributed by atoms with Crippen molar-refractivity contribution >= 4 is 50.8 Å². The number of ether oxygens (including phenoxy) is 8. The third-order valence-corrected chi connectivity index (χ3v) is 12.1. The molecule has 4 heterocycles. The zero-order chi connectivity index (χ0) is 46.4. The van der Waals surface area contributed by atoms with Crippen LogP contribution in [-0.2, 0) is 52.3 Å². The summed E-state index contributed by atoms with van der Waals surface area (Å²) < 4.78 is 44.2. The summed E-state index contributed by atoms with van der Waals surface area (Å²) in [5.41, 5.74) is 3.05. The van der Waals surface area contributed by atoms with Gasteiger partial charge in [-0.25, -0.2) is 9.97 Å². The highest BCUT2D eigenvalue weighted by Crippen LogP contribution is 2.33. The predicted octanol–water partition coefficient (Wildman–Crippen LogP) is 3.94. The van der Waals surface area contributed by atoms with Crippen LogP contribution in [0.15, 0.2) is 36.5 Å². The van der Waals surface area contributed by atoms with Gasteiger partial charge in [0.15, 0.2) is 0 Å². The summed E-state index contributed by atoms with van der Waals surface area (Å²) in [6.07, 6.45) is 6.45. The molecule has 66 heavy (non-hydrogen) atoms. The molecule has 0 aliphatic carbocycles. The monoisotopic (exact) mass is 944 g/mol. The van der Waals surface area contributed by atoms with Crippen LogP contribution in [0.4, 0.5) is 11.5 Å². The van der Waals surface area contributed by atoms with Crippen LogP contribution in [0.2, 0.25) is 0 Å². The van der Waals surface area contributed by atoms with Crippen molar-refractivity contribution in [1.29, 1.82) is 0 Å². The molecule has 0 radical (unpaired) electrons. The molecular formula is C47H73N7O11S. The number of carbonyl (C=O) groups excluding carboxylic acids is 3. The van der Waals surface area contributed by atoms with Crippen LogP contribution in [0.3, 0.4) is 0 Å². The maximum atomic E-state index is 14.0. The van der Waals surface area contributed by atoms with Gasteiger partial charge in [0.2, 0.25) is 17.7 Å². The Balaban J connectivity index is 1.03. The van der Waals surface area contributed by atoms with Crippen LogP contribution in [0.1, 0.15) is 51.9 Å². The lowest BCUT2D eigenvalue weighted by atomic mass is 10.1. The van der Waals surface area contributed by atoms with Gasteiger partial charge in [0.1, 0.15) is 16.9 Å². The zero-order valence-electron chi connectivity index (χ0n) is 39.2. The molecule has 2 N–H and O–H groups in total. The van der Waals surface area contributed by atoms with Gasteiger partial charge >= 0.3 is 0 Å². The molecule has 1 unspecified atom stereocenters. The van der Waals surface area contributed by atoms with E-state index in [1.54, 1.807) is 18.4 Å². The molecule has 1 atom stereocenters. The van der Waals surface area contributed by atoms with E-state index < -0.39 is 6.04 Å². The highest BCUT2D eigenvalue weighted by atomic mass is 32.1. The Morgan fingerprint density at radius 1 is 0.682 bits per heavy atom. The van der Waals surface area contributed by atoms with Crippen molar-refractivity contribution in [3.63, 3.8) is 0 Å². The van der Waals surface area contributed by atoms with Crippen molar-refractivity contribution in [3.05, 3.63) is 36.5 Å². The topological polar surface area (TPSA) is 185 Å². The van der Waals surface area contributed by atoms with Gasteiger partial charge in [0, 0.05) is 89.8 Å². The number of nitrogens with zero attached hydrogens (tertiary/aromatic N) is 5.